The molecule has 0 fully saturated rings. The Hall–Kier alpha value is -2.06. The highest BCUT2D eigenvalue weighted by molar-refractivity contribution is 5.89. The highest BCUT2D eigenvalue weighted by atomic mass is 16.3. The maximum Gasteiger partial charge on any atom is 0.319 e. The molecular formula is C14H19N3O2. The van der Waals surface area contributed by atoms with Crippen molar-refractivity contribution in [3.05, 3.63) is 29.8 Å². The molecule has 0 aliphatic carbocycles. The number of carbonyl (C=O) groups excluding carboxylic acids is 1. The van der Waals surface area contributed by atoms with E-state index in [0.29, 0.717) is 24.2 Å². The maximum absolute atomic E-state index is 11.7. The van der Waals surface area contributed by atoms with Gasteiger partial charge < -0.3 is 15.7 Å². The third-order valence-electron chi connectivity index (χ3n) is 2.79. The van der Waals surface area contributed by atoms with Crippen molar-refractivity contribution in [3.63, 3.8) is 0 Å². The van der Waals surface area contributed by atoms with Crippen molar-refractivity contribution in [2.24, 2.45) is 5.41 Å². The van der Waals surface area contributed by atoms with E-state index in [1.807, 2.05) is 19.9 Å². The van der Waals surface area contributed by atoms with E-state index < -0.39 is 0 Å². The SMILES string of the molecule is CC(C)(CCO)CNC(=O)Nc1ccc(C#N)cc1. The predicted molar refractivity (Wildman–Crippen MR) is 73.7 cm³/mol. The van der Waals surface area contributed by atoms with Gasteiger partial charge in [0.25, 0.3) is 0 Å². The van der Waals surface area contributed by atoms with Crippen LogP contribution in [0, 0.1) is 16.7 Å². The monoisotopic (exact) mass is 261 g/mol. The van der Waals surface area contributed by atoms with Crippen LogP contribution in [0.25, 0.3) is 0 Å². The Morgan fingerprint density at radius 3 is 2.53 bits per heavy atom. The number of nitrogens with zero attached hydrogens (tertiary/aromatic N) is 1. The normalized spacial score (nSPS) is 10.6. The average Bonchev–Trinajstić information content (AvgIpc) is 2.37. The average molecular weight is 261 g/mol. The number of amides is 2. The van der Waals surface area contributed by atoms with Gasteiger partial charge in [-0.15, -0.1) is 0 Å². The lowest BCUT2D eigenvalue weighted by molar-refractivity contribution is 0.204. The van der Waals surface area contributed by atoms with Gasteiger partial charge in [0.1, 0.15) is 0 Å². The molecule has 0 heterocycles. The lowest BCUT2D eigenvalue weighted by Gasteiger charge is -2.23. The molecule has 19 heavy (non-hydrogen) atoms. The Labute approximate surface area is 113 Å². The molecule has 3 N–H and O–H groups in total. The Balaban J connectivity index is 2.45. The number of urea groups is 1. The molecule has 0 saturated carbocycles. The van der Waals surface area contributed by atoms with Gasteiger partial charge in [0.2, 0.25) is 0 Å². The largest absolute Gasteiger partial charge is 0.396 e. The molecule has 1 rings (SSSR count). The van der Waals surface area contributed by atoms with Crippen LogP contribution in [0.3, 0.4) is 0 Å². The Morgan fingerprint density at radius 1 is 1.37 bits per heavy atom. The topological polar surface area (TPSA) is 85.2 Å². The zero-order chi connectivity index (χ0) is 14.3. The summed E-state index contributed by atoms with van der Waals surface area (Å²) in [4.78, 5) is 11.7. The summed E-state index contributed by atoms with van der Waals surface area (Å²) >= 11 is 0. The van der Waals surface area contributed by atoms with Crippen LogP contribution in [-0.2, 0) is 0 Å². The number of aliphatic hydroxyl groups is 1. The fraction of sp³-hybridized carbons (Fsp3) is 0.429. The van der Waals surface area contributed by atoms with Gasteiger partial charge in [-0.3, -0.25) is 0 Å². The summed E-state index contributed by atoms with van der Waals surface area (Å²) < 4.78 is 0. The van der Waals surface area contributed by atoms with Gasteiger partial charge in [0.15, 0.2) is 0 Å². The molecule has 0 saturated heterocycles. The molecule has 102 valence electrons. The van der Waals surface area contributed by atoms with Gasteiger partial charge in [-0.1, -0.05) is 13.8 Å². The molecule has 5 heteroatoms. The number of nitriles is 1. The molecular weight excluding hydrogens is 242 g/mol. The minimum absolute atomic E-state index is 0.103. The molecule has 2 amide bonds. The van der Waals surface area contributed by atoms with Gasteiger partial charge in [0, 0.05) is 18.8 Å². The maximum atomic E-state index is 11.7. The molecule has 0 aliphatic heterocycles. The zero-order valence-corrected chi connectivity index (χ0v) is 11.2. The first-order valence-corrected chi connectivity index (χ1v) is 6.13. The van der Waals surface area contributed by atoms with Crippen molar-refractivity contribution in [2.75, 3.05) is 18.5 Å². The second-order valence-electron chi connectivity index (χ2n) is 5.13. The van der Waals surface area contributed by atoms with Gasteiger partial charge in [-0.2, -0.15) is 5.26 Å². The van der Waals surface area contributed by atoms with Crippen molar-refractivity contribution in [1.29, 1.82) is 5.26 Å². The molecule has 0 aromatic heterocycles. The van der Waals surface area contributed by atoms with E-state index in [0.717, 1.165) is 0 Å². The molecule has 0 unspecified atom stereocenters. The number of hydrogen-bond donors (Lipinski definition) is 3. The van der Waals surface area contributed by atoms with E-state index in [4.69, 9.17) is 10.4 Å². The first-order chi connectivity index (χ1) is 8.96. The standard InChI is InChI=1S/C14H19N3O2/c1-14(2,7-8-18)10-16-13(19)17-12-5-3-11(9-15)4-6-12/h3-6,18H,7-8,10H2,1-2H3,(H2,16,17,19). The third-order valence-corrected chi connectivity index (χ3v) is 2.79. The molecule has 0 spiro atoms. The lowest BCUT2D eigenvalue weighted by Crippen LogP contribution is -2.37. The van der Waals surface area contributed by atoms with Crippen LogP contribution in [0.5, 0.6) is 0 Å². The van der Waals surface area contributed by atoms with Crippen LogP contribution >= 0.6 is 0 Å². The summed E-state index contributed by atoms with van der Waals surface area (Å²) in [7, 11) is 0. The van der Waals surface area contributed by atoms with Gasteiger partial charge in [-0.25, -0.2) is 4.79 Å². The fourth-order valence-corrected chi connectivity index (χ4v) is 1.51. The van der Waals surface area contributed by atoms with Gasteiger partial charge in [0.05, 0.1) is 11.6 Å². The molecule has 0 radical (unpaired) electrons. The zero-order valence-electron chi connectivity index (χ0n) is 11.2. The van der Waals surface area contributed by atoms with Crippen molar-refractivity contribution in [3.8, 4) is 6.07 Å². The Kier molecular flexibility index (Phi) is 5.34. The minimum Gasteiger partial charge on any atom is -0.396 e. The molecule has 5 nitrogen and oxygen atoms in total. The summed E-state index contributed by atoms with van der Waals surface area (Å²) in [5, 5.41) is 23.0. The quantitative estimate of drug-likeness (QED) is 0.758. The third kappa shape index (κ3) is 5.40. The van der Waals surface area contributed by atoms with Crippen molar-refractivity contribution < 1.29 is 9.90 Å². The number of hydrogen-bond acceptors (Lipinski definition) is 3. The van der Waals surface area contributed by atoms with E-state index in [2.05, 4.69) is 10.6 Å². The number of aliphatic hydroxyl groups excluding tert-OH is 1. The Morgan fingerprint density at radius 2 is 2.00 bits per heavy atom. The second kappa shape index (κ2) is 6.76. The summed E-state index contributed by atoms with van der Waals surface area (Å²) in [6.07, 6.45) is 0.629. The van der Waals surface area contributed by atoms with Crippen LogP contribution in [0.15, 0.2) is 24.3 Å². The first kappa shape index (κ1) is 15.0. The van der Waals surface area contributed by atoms with Gasteiger partial charge in [-0.05, 0) is 36.1 Å². The molecule has 1 aromatic carbocycles. The highest BCUT2D eigenvalue weighted by Gasteiger charge is 2.17. The number of nitrogens with one attached hydrogen (secondary N) is 2. The van der Waals surface area contributed by atoms with E-state index in [9.17, 15) is 4.79 Å². The summed E-state index contributed by atoms with van der Waals surface area (Å²) in [6.45, 7) is 4.54. The van der Waals surface area contributed by atoms with Crippen LogP contribution in [0.2, 0.25) is 0 Å². The van der Waals surface area contributed by atoms with E-state index >= 15 is 0 Å². The van der Waals surface area contributed by atoms with E-state index in [1.165, 1.54) is 0 Å². The summed E-state index contributed by atoms with van der Waals surface area (Å²) in [6, 6.07) is 8.36. The molecule has 0 aliphatic rings. The fourth-order valence-electron chi connectivity index (χ4n) is 1.51. The van der Waals surface area contributed by atoms with Crippen molar-refractivity contribution in [1.82, 2.24) is 5.32 Å². The number of anilines is 1. The van der Waals surface area contributed by atoms with Crippen molar-refractivity contribution >= 4 is 11.7 Å². The van der Waals surface area contributed by atoms with Crippen LogP contribution in [0.4, 0.5) is 10.5 Å². The minimum atomic E-state index is -0.296. The number of rotatable bonds is 5. The number of carbonyl (C=O) groups is 1. The highest BCUT2D eigenvalue weighted by Crippen LogP contribution is 2.18. The summed E-state index contributed by atoms with van der Waals surface area (Å²) in [5.74, 6) is 0. The van der Waals surface area contributed by atoms with Crippen LogP contribution in [0.1, 0.15) is 25.8 Å². The smallest absolute Gasteiger partial charge is 0.319 e. The predicted octanol–water partition coefficient (Wildman–Crippen LogP) is 2.09. The summed E-state index contributed by atoms with van der Waals surface area (Å²) in [5.41, 5.74) is 1.04. The molecule has 1 aromatic rings. The van der Waals surface area contributed by atoms with Crippen molar-refractivity contribution in [2.45, 2.75) is 20.3 Å². The number of benzene rings is 1. The van der Waals surface area contributed by atoms with Crippen LogP contribution in [-0.4, -0.2) is 24.3 Å². The molecule has 0 bridgehead atoms. The second-order valence-corrected chi connectivity index (χ2v) is 5.13. The first-order valence-electron chi connectivity index (χ1n) is 6.13. The lowest BCUT2D eigenvalue weighted by atomic mass is 9.90. The Bertz CT molecular complexity index is 461. The van der Waals surface area contributed by atoms with E-state index in [-0.39, 0.29) is 18.1 Å². The molecule has 0 atom stereocenters. The van der Waals surface area contributed by atoms with Gasteiger partial charge >= 0.3 is 6.03 Å². The van der Waals surface area contributed by atoms with E-state index in [1.54, 1.807) is 24.3 Å². The van der Waals surface area contributed by atoms with Crippen LogP contribution < -0.4 is 10.6 Å².